The third-order valence-corrected chi connectivity index (χ3v) is 5.85. The minimum absolute atomic E-state index is 0.0184. The molecule has 4 N–H and O–H groups in total. The second-order valence-corrected chi connectivity index (χ2v) is 7.96. The van der Waals surface area contributed by atoms with Crippen LogP contribution in [0.15, 0.2) is 15.7 Å². The third kappa shape index (κ3) is 2.69. The van der Waals surface area contributed by atoms with E-state index in [0.29, 0.717) is 17.5 Å². The van der Waals surface area contributed by atoms with E-state index in [1.807, 2.05) is 0 Å². The molecule has 0 radical (unpaired) electrons. The molecule has 0 amide bonds. The van der Waals surface area contributed by atoms with Gasteiger partial charge in [-0.15, -0.1) is 0 Å². The summed E-state index contributed by atoms with van der Waals surface area (Å²) in [6, 6.07) is -0.132. The van der Waals surface area contributed by atoms with Gasteiger partial charge in [0.2, 0.25) is 0 Å². The van der Waals surface area contributed by atoms with E-state index in [4.69, 9.17) is 23.2 Å². The number of benzene rings is 1. The molecule has 1 aliphatic heterocycles. The monoisotopic (exact) mass is 417 g/mol. The van der Waals surface area contributed by atoms with Gasteiger partial charge in [-0.25, -0.2) is 18.0 Å². The quantitative estimate of drug-likeness (QED) is 0.736. The Hall–Kier alpha value is -2.20. The van der Waals surface area contributed by atoms with Gasteiger partial charge < -0.3 is 16.5 Å². The molecule has 11 heteroatoms. The van der Waals surface area contributed by atoms with E-state index in [1.54, 1.807) is 0 Å². The first kappa shape index (κ1) is 19.1. The number of hydrogen-bond donors (Lipinski definition) is 2. The highest BCUT2D eigenvalue weighted by Gasteiger charge is 2.50. The van der Waals surface area contributed by atoms with Crippen molar-refractivity contribution in [3.8, 4) is 0 Å². The van der Waals surface area contributed by atoms with Crippen molar-refractivity contribution in [2.24, 2.45) is 11.7 Å². The Balaban J connectivity index is 1.97. The maximum absolute atomic E-state index is 14.9. The lowest BCUT2D eigenvalue weighted by Gasteiger charge is -2.23. The molecule has 1 saturated carbocycles. The highest BCUT2D eigenvalue weighted by molar-refractivity contribution is 6.38. The van der Waals surface area contributed by atoms with Crippen LogP contribution in [0.1, 0.15) is 25.8 Å². The van der Waals surface area contributed by atoms with Crippen LogP contribution in [0.4, 0.5) is 18.9 Å². The molecule has 1 aromatic heterocycles. The van der Waals surface area contributed by atoms with Crippen molar-refractivity contribution >= 4 is 28.2 Å². The molecule has 1 saturated heterocycles. The summed E-state index contributed by atoms with van der Waals surface area (Å²) >= 11 is 6.41. The van der Waals surface area contributed by atoms with Gasteiger partial charge in [0, 0.05) is 18.6 Å². The molecular weight excluding hydrogens is 399 g/mol. The lowest BCUT2D eigenvalue weighted by molar-refractivity contribution is -0.0273. The topological polar surface area (TPSA) is 99.3 Å². The summed E-state index contributed by atoms with van der Waals surface area (Å²) in [7, 11) is 0. The summed E-state index contributed by atoms with van der Waals surface area (Å²) < 4.78 is 45.3. The minimum Gasteiger partial charge on any atom is -0.361 e. The smallest absolute Gasteiger partial charge is 0.350 e. The van der Waals surface area contributed by atoms with Crippen LogP contribution in [0, 0.1) is 11.7 Å². The summed E-state index contributed by atoms with van der Waals surface area (Å²) in [5, 5.41) is -0.423. The Morgan fingerprint density at radius 1 is 1.32 bits per heavy atom. The molecule has 0 spiro atoms. The first-order chi connectivity index (χ1) is 13.0. The van der Waals surface area contributed by atoms with Crippen LogP contribution in [0.3, 0.4) is 0 Å². The van der Waals surface area contributed by atoms with Crippen molar-refractivity contribution in [1.82, 2.24) is 9.24 Å². The molecule has 2 aliphatic rings. The summed E-state index contributed by atoms with van der Waals surface area (Å²) in [6.45, 7) is 0.506. The normalized spacial score (nSPS) is 22.8. The molecule has 4 rings (SSSR count). The molecule has 2 aromatic rings. The Morgan fingerprint density at radius 2 is 1.96 bits per heavy atom. The van der Waals surface area contributed by atoms with Gasteiger partial charge in [0.25, 0.3) is 11.5 Å². The van der Waals surface area contributed by atoms with E-state index in [1.165, 1.54) is 11.5 Å². The van der Waals surface area contributed by atoms with Crippen molar-refractivity contribution in [1.29, 1.82) is 0 Å². The van der Waals surface area contributed by atoms with Crippen molar-refractivity contribution in [3.63, 3.8) is 0 Å². The minimum atomic E-state index is -3.13. The van der Waals surface area contributed by atoms with Crippen LogP contribution in [0.25, 0.3) is 10.9 Å². The predicted molar refractivity (Wildman–Crippen MR) is 100 cm³/mol. The molecule has 152 valence electrons. The van der Waals surface area contributed by atoms with Gasteiger partial charge in [-0.1, -0.05) is 11.6 Å². The average Bonchev–Trinajstić information content (AvgIpc) is 3.37. The van der Waals surface area contributed by atoms with Gasteiger partial charge in [-0.3, -0.25) is 9.36 Å². The number of aromatic nitrogens is 2. The fourth-order valence-corrected chi connectivity index (χ4v) is 4.32. The van der Waals surface area contributed by atoms with Crippen LogP contribution >= 0.6 is 11.6 Å². The van der Waals surface area contributed by atoms with Crippen LogP contribution in [0.2, 0.25) is 5.02 Å². The van der Waals surface area contributed by atoms with E-state index in [-0.39, 0.29) is 34.2 Å². The van der Waals surface area contributed by atoms with Crippen LogP contribution in [-0.4, -0.2) is 34.3 Å². The van der Waals surface area contributed by atoms with E-state index in [0.717, 1.165) is 11.0 Å². The first-order valence-electron chi connectivity index (χ1n) is 8.87. The zero-order chi connectivity index (χ0) is 20.5. The molecule has 1 aliphatic carbocycles. The van der Waals surface area contributed by atoms with E-state index >= 15 is 0 Å². The molecule has 0 bridgehead atoms. The zero-order valence-electron chi connectivity index (χ0n) is 15.0. The number of alkyl halides is 2. The largest absolute Gasteiger partial charge is 0.361 e. The van der Waals surface area contributed by atoms with E-state index in [9.17, 15) is 22.8 Å². The molecule has 1 aromatic carbocycles. The second-order valence-electron chi connectivity index (χ2n) is 7.58. The van der Waals surface area contributed by atoms with Gasteiger partial charge in [0.05, 0.1) is 34.1 Å². The Kier molecular flexibility index (Phi) is 4.20. The first-order valence-corrected chi connectivity index (χ1v) is 9.25. The van der Waals surface area contributed by atoms with Crippen molar-refractivity contribution in [2.75, 3.05) is 23.8 Å². The van der Waals surface area contributed by atoms with Gasteiger partial charge in [-0.05, 0) is 25.8 Å². The molecule has 2 heterocycles. The highest BCUT2D eigenvalue weighted by Crippen LogP contribution is 2.44. The van der Waals surface area contributed by atoms with Gasteiger partial charge in [-0.2, -0.15) is 4.68 Å². The molecule has 2 fully saturated rings. The van der Waals surface area contributed by atoms with Gasteiger partial charge >= 0.3 is 5.69 Å². The number of nitrogen functional groups attached to an aromatic ring is 1. The Bertz CT molecular complexity index is 1090. The van der Waals surface area contributed by atoms with Crippen molar-refractivity contribution in [2.45, 2.75) is 37.8 Å². The lowest BCUT2D eigenvalue weighted by atomic mass is 9.98. The van der Waals surface area contributed by atoms with E-state index in [2.05, 4.69) is 0 Å². The molecular formula is C17H19ClF3N5O2. The fourth-order valence-electron chi connectivity index (χ4n) is 3.92. The SMILES string of the molecule is CC(N)C1CN(c2c(F)cc3c(=O)n(N)c(=O)n(C4CC4)c3c2Cl)CC1(F)F. The second kappa shape index (κ2) is 6.15. The Labute approximate surface area is 162 Å². The molecule has 2 unspecified atom stereocenters. The summed E-state index contributed by atoms with van der Waals surface area (Å²) in [5.74, 6) is 0.301. The summed E-state index contributed by atoms with van der Waals surface area (Å²) in [4.78, 5) is 26.0. The van der Waals surface area contributed by atoms with Crippen LogP contribution in [0.5, 0.6) is 0 Å². The number of nitrogens with zero attached hydrogens (tertiary/aromatic N) is 3. The number of halogens is 4. The summed E-state index contributed by atoms with van der Waals surface area (Å²) in [6.07, 6.45) is 1.34. The molecule has 2 atom stereocenters. The molecule has 28 heavy (non-hydrogen) atoms. The van der Waals surface area contributed by atoms with Gasteiger partial charge in [0.1, 0.15) is 5.82 Å². The average molecular weight is 418 g/mol. The number of fused-ring (bicyclic) bond motifs is 1. The summed E-state index contributed by atoms with van der Waals surface area (Å²) in [5.41, 5.74) is 3.75. The zero-order valence-corrected chi connectivity index (χ0v) is 15.7. The number of hydrogen-bond acceptors (Lipinski definition) is 5. The highest BCUT2D eigenvalue weighted by atomic mass is 35.5. The molecule has 7 nitrogen and oxygen atoms in total. The van der Waals surface area contributed by atoms with Gasteiger partial charge in [0.15, 0.2) is 0 Å². The van der Waals surface area contributed by atoms with E-state index < -0.39 is 41.5 Å². The van der Waals surface area contributed by atoms with Crippen LogP contribution < -0.4 is 27.7 Å². The number of anilines is 1. The van der Waals surface area contributed by atoms with Crippen LogP contribution in [-0.2, 0) is 0 Å². The van der Waals surface area contributed by atoms with Crippen molar-refractivity contribution in [3.05, 3.63) is 37.7 Å². The van der Waals surface area contributed by atoms with Crippen molar-refractivity contribution < 1.29 is 13.2 Å². The lowest BCUT2D eigenvalue weighted by Crippen LogP contribution is -2.44. The number of rotatable bonds is 3. The number of nitrogens with two attached hydrogens (primary N) is 2. The third-order valence-electron chi connectivity index (χ3n) is 5.49. The maximum Gasteiger partial charge on any atom is 0.350 e. The Morgan fingerprint density at radius 3 is 2.50 bits per heavy atom. The standard InChI is InChI=1S/C17H19ClF3N5O2/c1-7(22)10-5-24(6-17(10,20)21)14-11(19)4-9-13(12(14)18)25(8-2-3-8)16(28)26(23)15(9)27/h4,7-8,10H,2-3,5-6,22-23H2,1H3. The maximum atomic E-state index is 14.9. The fraction of sp³-hybridized carbons (Fsp3) is 0.529. The predicted octanol–water partition coefficient (Wildman–Crippen LogP) is 1.42.